The van der Waals surface area contributed by atoms with Crippen molar-refractivity contribution < 1.29 is 22.7 Å². The van der Waals surface area contributed by atoms with Crippen molar-refractivity contribution in [3.8, 4) is 5.75 Å². The van der Waals surface area contributed by atoms with E-state index in [0.717, 1.165) is 17.7 Å². The van der Waals surface area contributed by atoms with Crippen molar-refractivity contribution in [2.75, 3.05) is 30.4 Å². The molecule has 0 unspecified atom stereocenters. The van der Waals surface area contributed by atoms with Gasteiger partial charge in [0.15, 0.2) is 0 Å². The van der Waals surface area contributed by atoms with Crippen molar-refractivity contribution in [1.29, 1.82) is 0 Å². The van der Waals surface area contributed by atoms with Crippen LogP contribution < -0.4 is 15.0 Å². The molecule has 2 aromatic carbocycles. The molecule has 2 heterocycles. The van der Waals surface area contributed by atoms with E-state index in [-0.39, 0.29) is 16.7 Å². The summed E-state index contributed by atoms with van der Waals surface area (Å²) in [6.07, 6.45) is 2.47. The zero-order valence-electron chi connectivity index (χ0n) is 18.2. The summed E-state index contributed by atoms with van der Waals surface area (Å²) >= 11 is 0. The highest BCUT2D eigenvalue weighted by molar-refractivity contribution is 7.89. The second-order valence-corrected chi connectivity index (χ2v) is 9.98. The van der Waals surface area contributed by atoms with Crippen molar-refractivity contribution in [3.63, 3.8) is 0 Å². The molecule has 2 amide bonds. The average molecular weight is 458 g/mol. The maximum Gasteiger partial charge on any atom is 0.243 e. The fraction of sp³-hybridized carbons (Fsp3) is 0.391. The monoisotopic (exact) mass is 457 g/mol. The molecule has 2 aliphatic heterocycles. The predicted octanol–water partition coefficient (Wildman–Crippen LogP) is 2.92. The molecule has 170 valence electrons. The van der Waals surface area contributed by atoms with Gasteiger partial charge in [-0.2, -0.15) is 4.31 Å². The van der Waals surface area contributed by atoms with Crippen molar-refractivity contribution >= 4 is 33.2 Å². The van der Waals surface area contributed by atoms with Gasteiger partial charge in [0.1, 0.15) is 11.8 Å². The molecule has 2 saturated heterocycles. The van der Waals surface area contributed by atoms with E-state index in [1.165, 1.54) is 23.5 Å². The largest absolute Gasteiger partial charge is 0.497 e. The van der Waals surface area contributed by atoms with Crippen LogP contribution in [0.3, 0.4) is 0 Å². The van der Waals surface area contributed by atoms with E-state index >= 15 is 0 Å². The van der Waals surface area contributed by atoms with Crippen molar-refractivity contribution in [2.24, 2.45) is 0 Å². The van der Waals surface area contributed by atoms with E-state index in [1.54, 1.807) is 23.1 Å². The number of anilines is 2. The molecule has 32 heavy (non-hydrogen) atoms. The Hall–Kier alpha value is -2.91. The summed E-state index contributed by atoms with van der Waals surface area (Å²) in [5.74, 6) is 0.313. The first-order valence-electron chi connectivity index (χ1n) is 10.7. The molecule has 2 aliphatic rings. The first-order chi connectivity index (χ1) is 15.3. The lowest BCUT2D eigenvalue weighted by Crippen LogP contribution is -2.43. The third kappa shape index (κ3) is 4.22. The van der Waals surface area contributed by atoms with Gasteiger partial charge in [0.05, 0.1) is 12.0 Å². The molecule has 9 heteroatoms. The standard InChI is InChI=1S/C23H27N3O5S/c1-16-15-17(7-12-20(16)25-13-4-6-22(25)27)24-23(28)21-5-3-14-26(21)32(29,30)19-10-8-18(31-2)9-11-19/h7-12,15,21H,3-6,13-14H2,1-2H3,(H,24,28)/t21-/m0/s1. The number of amides is 2. The van der Waals surface area contributed by atoms with Gasteiger partial charge >= 0.3 is 0 Å². The summed E-state index contributed by atoms with van der Waals surface area (Å²) in [6.45, 7) is 2.89. The van der Waals surface area contributed by atoms with Crippen LogP contribution in [-0.4, -0.2) is 50.8 Å². The molecule has 0 spiro atoms. The number of benzene rings is 2. The van der Waals surface area contributed by atoms with Crippen LogP contribution in [0, 0.1) is 6.92 Å². The molecular weight excluding hydrogens is 430 g/mol. The Morgan fingerprint density at radius 2 is 1.84 bits per heavy atom. The van der Waals surface area contributed by atoms with Crippen molar-refractivity contribution in [1.82, 2.24) is 4.31 Å². The van der Waals surface area contributed by atoms with Crippen molar-refractivity contribution in [2.45, 2.75) is 43.5 Å². The second-order valence-electron chi connectivity index (χ2n) is 8.09. The Kier molecular flexibility index (Phi) is 6.21. The number of nitrogens with one attached hydrogen (secondary N) is 1. The minimum absolute atomic E-state index is 0.107. The van der Waals surface area contributed by atoms with Crippen LogP contribution in [0.2, 0.25) is 0 Å². The Bertz CT molecular complexity index is 1130. The van der Waals surface area contributed by atoms with E-state index in [9.17, 15) is 18.0 Å². The molecule has 0 bridgehead atoms. The summed E-state index contributed by atoms with van der Waals surface area (Å²) < 4.78 is 32.7. The minimum Gasteiger partial charge on any atom is -0.497 e. The van der Waals surface area contributed by atoms with Gasteiger partial charge in [0, 0.05) is 30.9 Å². The highest BCUT2D eigenvalue weighted by Gasteiger charge is 2.39. The quantitative estimate of drug-likeness (QED) is 0.720. The van der Waals surface area contributed by atoms with Gasteiger partial charge in [-0.3, -0.25) is 9.59 Å². The third-order valence-electron chi connectivity index (χ3n) is 6.00. The molecule has 0 radical (unpaired) electrons. The summed E-state index contributed by atoms with van der Waals surface area (Å²) in [5, 5.41) is 2.86. The lowest BCUT2D eigenvalue weighted by Gasteiger charge is -2.24. The number of aryl methyl sites for hydroxylation is 1. The molecule has 0 aromatic heterocycles. The number of ether oxygens (including phenoxy) is 1. The van der Waals surface area contributed by atoms with E-state index < -0.39 is 16.1 Å². The van der Waals surface area contributed by atoms with E-state index in [1.807, 2.05) is 19.1 Å². The Labute approximate surface area is 188 Å². The molecule has 1 N–H and O–H groups in total. The number of nitrogens with zero attached hydrogens (tertiary/aromatic N) is 2. The van der Waals surface area contributed by atoms with Gasteiger partial charge < -0.3 is 15.0 Å². The second kappa shape index (κ2) is 8.91. The molecule has 8 nitrogen and oxygen atoms in total. The van der Waals surface area contributed by atoms with E-state index in [4.69, 9.17) is 4.74 Å². The fourth-order valence-electron chi connectivity index (χ4n) is 4.34. The summed E-state index contributed by atoms with van der Waals surface area (Å²) in [7, 11) is -2.29. The van der Waals surface area contributed by atoms with Crippen LogP contribution in [0.1, 0.15) is 31.2 Å². The maximum atomic E-state index is 13.1. The molecule has 0 saturated carbocycles. The zero-order valence-corrected chi connectivity index (χ0v) is 19.0. The normalized spacial score (nSPS) is 19.4. The summed E-state index contributed by atoms with van der Waals surface area (Å²) in [5.41, 5.74) is 2.30. The number of hydrogen-bond acceptors (Lipinski definition) is 5. The first-order valence-corrected chi connectivity index (χ1v) is 12.1. The smallest absolute Gasteiger partial charge is 0.243 e. The lowest BCUT2D eigenvalue weighted by molar-refractivity contribution is -0.119. The Balaban J connectivity index is 1.50. The number of rotatable bonds is 6. The van der Waals surface area contributed by atoms with Crippen LogP contribution in [0.5, 0.6) is 5.75 Å². The minimum atomic E-state index is -3.81. The van der Waals surface area contributed by atoms with Crippen molar-refractivity contribution in [3.05, 3.63) is 48.0 Å². The highest BCUT2D eigenvalue weighted by atomic mass is 32.2. The van der Waals surface area contributed by atoms with Gasteiger partial charge in [-0.25, -0.2) is 8.42 Å². The number of methoxy groups -OCH3 is 1. The zero-order chi connectivity index (χ0) is 22.9. The first kappa shape index (κ1) is 22.3. The van der Waals surface area contributed by atoms with Crippen LogP contribution in [-0.2, 0) is 19.6 Å². The topological polar surface area (TPSA) is 96.0 Å². The SMILES string of the molecule is COc1ccc(S(=O)(=O)N2CCC[C@H]2C(=O)Nc2ccc(N3CCCC3=O)c(C)c2)cc1. The van der Waals surface area contributed by atoms with Gasteiger partial charge in [-0.1, -0.05) is 0 Å². The molecule has 1 atom stereocenters. The van der Waals surface area contributed by atoms with Gasteiger partial charge in [-0.05, 0) is 74.2 Å². The van der Waals surface area contributed by atoms with Gasteiger partial charge in [0.25, 0.3) is 0 Å². The maximum absolute atomic E-state index is 13.1. The van der Waals surface area contributed by atoms with Gasteiger partial charge in [-0.15, -0.1) is 0 Å². The molecule has 0 aliphatic carbocycles. The summed E-state index contributed by atoms with van der Waals surface area (Å²) in [4.78, 5) is 26.9. The van der Waals surface area contributed by atoms with Crippen LogP contribution >= 0.6 is 0 Å². The third-order valence-corrected chi connectivity index (χ3v) is 7.92. The Morgan fingerprint density at radius 1 is 1.09 bits per heavy atom. The molecule has 2 aromatic rings. The highest BCUT2D eigenvalue weighted by Crippen LogP contribution is 2.30. The predicted molar refractivity (Wildman–Crippen MR) is 121 cm³/mol. The van der Waals surface area contributed by atoms with Crippen LogP contribution in [0.4, 0.5) is 11.4 Å². The van der Waals surface area contributed by atoms with Crippen LogP contribution in [0.25, 0.3) is 0 Å². The van der Waals surface area contributed by atoms with E-state index in [2.05, 4.69) is 5.32 Å². The lowest BCUT2D eigenvalue weighted by atomic mass is 10.1. The van der Waals surface area contributed by atoms with E-state index in [0.29, 0.717) is 43.8 Å². The molecular formula is C23H27N3O5S. The van der Waals surface area contributed by atoms with Gasteiger partial charge in [0.2, 0.25) is 21.8 Å². The number of hydrogen-bond donors (Lipinski definition) is 1. The number of sulfonamides is 1. The summed E-state index contributed by atoms with van der Waals surface area (Å²) in [6, 6.07) is 10.8. The Morgan fingerprint density at radius 3 is 2.47 bits per heavy atom. The molecule has 4 rings (SSSR count). The fourth-order valence-corrected chi connectivity index (χ4v) is 5.99. The molecule has 2 fully saturated rings. The number of carbonyl (C=O) groups is 2. The average Bonchev–Trinajstić information content (AvgIpc) is 3.44. The van der Waals surface area contributed by atoms with Crippen LogP contribution in [0.15, 0.2) is 47.4 Å². The number of carbonyl (C=O) groups excluding carboxylic acids is 2.